The lowest BCUT2D eigenvalue weighted by molar-refractivity contribution is -0.142. The van der Waals surface area contributed by atoms with Gasteiger partial charge in [-0.15, -0.1) is 0 Å². The van der Waals surface area contributed by atoms with Gasteiger partial charge in [0.05, 0.1) is 55.2 Å². The summed E-state index contributed by atoms with van der Waals surface area (Å²) in [6, 6.07) is 0. The van der Waals surface area contributed by atoms with Crippen LogP contribution in [0.1, 0.15) is 11.4 Å². The predicted octanol–water partition coefficient (Wildman–Crippen LogP) is -0.482. The van der Waals surface area contributed by atoms with E-state index < -0.39 is 17.4 Å². The Balaban J connectivity index is 1.57. The highest BCUT2D eigenvalue weighted by atomic mass is 16.5. The topological polar surface area (TPSA) is 95.9 Å². The summed E-state index contributed by atoms with van der Waals surface area (Å²) >= 11 is 0. The summed E-state index contributed by atoms with van der Waals surface area (Å²) in [7, 11) is 1.64. The molecule has 0 unspecified atom stereocenters. The number of aliphatic hydroxyl groups is 1. The van der Waals surface area contributed by atoms with Crippen LogP contribution in [-0.2, 0) is 20.9 Å². The second-order valence-corrected chi connectivity index (χ2v) is 7.23. The zero-order valence-electron chi connectivity index (χ0n) is 14.8. The Labute approximate surface area is 151 Å². The van der Waals surface area contributed by atoms with Crippen LogP contribution in [0, 0.1) is 18.8 Å². The molecule has 1 N–H and O–H groups in total. The van der Waals surface area contributed by atoms with Crippen molar-refractivity contribution in [2.24, 2.45) is 11.8 Å². The zero-order valence-corrected chi connectivity index (χ0v) is 14.8. The molecule has 0 aliphatic carbocycles. The molecule has 2 saturated heterocycles. The molecule has 2 fully saturated rings. The van der Waals surface area contributed by atoms with Crippen LogP contribution < -0.4 is 0 Å². The Hall–Kier alpha value is -2.32. The molecular formula is C18H22N4O4. The van der Waals surface area contributed by atoms with Gasteiger partial charge in [-0.1, -0.05) is 12.2 Å². The quantitative estimate of drug-likeness (QED) is 0.714. The summed E-state index contributed by atoms with van der Waals surface area (Å²) in [5.41, 5.74) is 0.791. The number of aryl methyl sites for hydroxylation is 1. The number of fused-ring (bicyclic) bond motifs is 1. The molecule has 0 radical (unpaired) electrons. The van der Waals surface area contributed by atoms with E-state index in [0.29, 0.717) is 18.8 Å². The van der Waals surface area contributed by atoms with Crippen molar-refractivity contribution in [2.45, 2.75) is 25.2 Å². The number of likely N-dealkylation sites (N-methyl/N-ethyl adjacent to an activating group) is 1. The van der Waals surface area contributed by atoms with Crippen LogP contribution in [0.5, 0.6) is 0 Å². The monoisotopic (exact) mass is 358 g/mol. The fraction of sp³-hybridized carbons (Fsp3) is 0.556. The van der Waals surface area contributed by atoms with Gasteiger partial charge in [-0.05, 0) is 6.92 Å². The Kier molecular flexibility index (Phi) is 4.04. The standard InChI is InChI=1S/C18H22N4O4/c1-11-7-20-12(8-19-11)9-22-10-18-4-3-13(26-18)14(15(18)17(22)25)16(24)21(2)5-6-23/h3-4,7-8,13-15,23H,5-6,9-10H2,1-2H3/t13-,14+,15-,18-/m0/s1. The Morgan fingerprint density at radius 3 is 2.96 bits per heavy atom. The number of ether oxygens (including phenoxy) is 1. The van der Waals surface area contributed by atoms with Gasteiger partial charge in [0.2, 0.25) is 11.8 Å². The van der Waals surface area contributed by atoms with Gasteiger partial charge >= 0.3 is 0 Å². The third-order valence-corrected chi connectivity index (χ3v) is 5.46. The van der Waals surface area contributed by atoms with Crippen molar-refractivity contribution in [3.05, 3.63) is 35.9 Å². The highest BCUT2D eigenvalue weighted by Gasteiger charge is 2.67. The number of aliphatic hydroxyl groups excluding tert-OH is 1. The summed E-state index contributed by atoms with van der Waals surface area (Å²) in [6.07, 6.45) is 6.78. The van der Waals surface area contributed by atoms with Crippen LogP contribution in [0.2, 0.25) is 0 Å². The molecule has 2 bridgehead atoms. The van der Waals surface area contributed by atoms with Crippen LogP contribution in [0.15, 0.2) is 24.5 Å². The second kappa shape index (κ2) is 6.14. The fourth-order valence-electron chi connectivity index (χ4n) is 4.21. The summed E-state index contributed by atoms with van der Waals surface area (Å²) < 4.78 is 6.08. The zero-order chi connectivity index (χ0) is 18.5. The minimum Gasteiger partial charge on any atom is -0.395 e. The normalized spacial score (nSPS) is 31.6. The molecule has 0 aromatic carbocycles. The summed E-state index contributed by atoms with van der Waals surface area (Å²) in [6.45, 7) is 2.74. The lowest BCUT2D eigenvalue weighted by Crippen LogP contribution is -2.45. The molecule has 26 heavy (non-hydrogen) atoms. The number of rotatable bonds is 5. The molecule has 8 nitrogen and oxygen atoms in total. The number of likely N-dealkylation sites (tertiary alicyclic amines) is 1. The second-order valence-electron chi connectivity index (χ2n) is 7.23. The first-order valence-corrected chi connectivity index (χ1v) is 8.74. The van der Waals surface area contributed by atoms with Crippen molar-refractivity contribution >= 4 is 11.8 Å². The number of carbonyl (C=O) groups excluding carboxylic acids is 2. The van der Waals surface area contributed by atoms with Crippen molar-refractivity contribution in [1.29, 1.82) is 0 Å². The lowest BCUT2D eigenvalue weighted by atomic mass is 9.76. The highest BCUT2D eigenvalue weighted by molar-refractivity contribution is 5.92. The molecule has 0 saturated carbocycles. The minimum absolute atomic E-state index is 0.0880. The molecule has 3 aliphatic heterocycles. The maximum absolute atomic E-state index is 13.1. The highest BCUT2D eigenvalue weighted by Crippen LogP contribution is 2.52. The maximum atomic E-state index is 13.1. The van der Waals surface area contributed by atoms with E-state index in [1.165, 1.54) is 4.90 Å². The summed E-state index contributed by atoms with van der Waals surface area (Å²) in [5.74, 6) is -1.32. The van der Waals surface area contributed by atoms with Crippen LogP contribution in [0.25, 0.3) is 0 Å². The molecule has 138 valence electrons. The minimum atomic E-state index is -0.736. The van der Waals surface area contributed by atoms with Gasteiger partial charge in [-0.3, -0.25) is 19.6 Å². The molecule has 3 aliphatic rings. The first-order valence-electron chi connectivity index (χ1n) is 8.74. The van der Waals surface area contributed by atoms with E-state index in [1.807, 2.05) is 19.1 Å². The van der Waals surface area contributed by atoms with Crippen molar-refractivity contribution in [1.82, 2.24) is 19.8 Å². The van der Waals surface area contributed by atoms with E-state index >= 15 is 0 Å². The van der Waals surface area contributed by atoms with Crippen molar-refractivity contribution < 1.29 is 19.4 Å². The number of nitrogens with zero attached hydrogens (tertiary/aromatic N) is 4. The molecule has 8 heteroatoms. The lowest BCUT2D eigenvalue weighted by Gasteiger charge is -2.27. The maximum Gasteiger partial charge on any atom is 0.230 e. The third kappa shape index (κ3) is 2.52. The van der Waals surface area contributed by atoms with Crippen molar-refractivity contribution in [3.63, 3.8) is 0 Å². The van der Waals surface area contributed by atoms with E-state index in [2.05, 4.69) is 9.97 Å². The Morgan fingerprint density at radius 2 is 2.27 bits per heavy atom. The molecule has 4 atom stereocenters. The predicted molar refractivity (Wildman–Crippen MR) is 90.6 cm³/mol. The Bertz CT molecular complexity index is 765. The third-order valence-electron chi connectivity index (χ3n) is 5.46. The average Bonchev–Trinajstić information content (AvgIpc) is 3.25. The number of hydrogen-bond donors (Lipinski definition) is 1. The van der Waals surface area contributed by atoms with E-state index in [9.17, 15) is 9.59 Å². The van der Waals surface area contributed by atoms with Crippen LogP contribution in [0.3, 0.4) is 0 Å². The van der Waals surface area contributed by atoms with E-state index in [1.54, 1.807) is 24.3 Å². The molecule has 1 aromatic heterocycles. The molecule has 2 amide bonds. The van der Waals surface area contributed by atoms with Gasteiger partial charge in [0, 0.05) is 19.8 Å². The first kappa shape index (κ1) is 17.1. The number of aromatic nitrogens is 2. The van der Waals surface area contributed by atoms with Gasteiger partial charge < -0.3 is 19.6 Å². The summed E-state index contributed by atoms with van der Waals surface area (Å²) in [5, 5.41) is 9.10. The molecule has 1 aromatic rings. The molecule has 4 heterocycles. The Morgan fingerprint density at radius 1 is 1.46 bits per heavy atom. The van der Waals surface area contributed by atoms with E-state index in [0.717, 1.165) is 5.69 Å². The average molecular weight is 358 g/mol. The van der Waals surface area contributed by atoms with Gasteiger partial charge in [0.25, 0.3) is 0 Å². The SMILES string of the molecule is Cc1cnc(CN2C[C@]34C=C[C@H](O3)[C@@H](C(=O)N(C)CCO)[C@H]4C2=O)cn1. The van der Waals surface area contributed by atoms with Crippen LogP contribution >= 0.6 is 0 Å². The van der Waals surface area contributed by atoms with Crippen molar-refractivity contribution in [2.75, 3.05) is 26.7 Å². The molecule has 1 spiro atoms. The number of amides is 2. The van der Waals surface area contributed by atoms with Gasteiger partial charge in [0.15, 0.2) is 0 Å². The fourth-order valence-corrected chi connectivity index (χ4v) is 4.21. The van der Waals surface area contributed by atoms with Crippen LogP contribution in [-0.4, -0.2) is 75.1 Å². The summed E-state index contributed by atoms with van der Waals surface area (Å²) in [4.78, 5) is 37.6. The van der Waals surface area contributed by atoms with Gasteiger partial charge in [0.1, 0.15) is 5.60 Å². The van der Waals surface area contributed by atoms with Crippen LogP contribution in [0.4, 0.5) is 0 Å². The van der Waals surface area contributed by atoms with Gasteiger partial charge in [-0.2, -0.15) is 0 Å². The van der Waals surface area contributed by atoms with Crippen molar-refractivity contribution in [3.8, 4) is 0 Å². The largest absolute Gasteiger partial charge is 0.395 e. The molecule has 4 rings (SSSR count). The van der Waals surface area contributed by atoms with E-state index in [4.69, 9.17) is 9.84 Å². The molecular weight excluding hydrogens is 336 g/mol. The first-order chi connectivity index (χ1) is 12.4. The smallest absolute Gasteiger partial charge is 0.230 e. The number of hydrogen-bond acceptors (Lipinski definition) is 6. The van der Waals surface area contributed by atoms with E-state index in [-0.39, 0.29) is 31.1 Å². The number of carbonyl (C=O) groups is 2. The van der Waals surface area contributed by atoms with Gasteiger partial charge in [-0.25, -0.2) is 0 Å².